The molecule has 2 aromatic carbocycles. The number of carbonyl (C=O) groups is 1. The third-order valence-corrected chi connectivity index (χ3v) is 5.86. The summed E-state index contributed by atoms with van der Waals surface area (Å²) in [5, 5.41) is 15.7. The molecular formula is C24H26FN3O4S. The smallest absolute Gasteiger partial charge is 0.251 e. The number of carbonyl (C=O) groups excluding carboxylic acids is 1. The van der Waals surface area contributed by atoms with Gasteiger partial charge in [0.25, 0.3) is 5.91 Å². The van der Waals surface area contributed by atoms with E-state index >= 15 is 0 Å². The van der Waals surface area contributed by atoms with E-state index in [1.54, 1.807) is 30.5 Å². The fraction of sp³-hybridized carbons (Fsp3) is 0.250. The normalized spacial score (nSPS) is 11.5. The van der Waals surface area contributed by atoms with Crippen LogP contribution in [-0.4, -0.2) is 41.7 Å². The summed E-state index contributed by atoms with van der Waals surface area (Å²) in [5.74, 6) is 0.615. The minimum Gasteiger partial charge on any atom is -0.493 e. The van der Waals surface area contributed by atoms with Crippen molar-refractivity contribution < 1.29 is 23.8 Å². The van der Waals surface area contributed by atoms with Gasteiger partial charge in [0.1, 0.15) is 17.7 Å². The highest BCUT2D eigenvalue weighted by Crippen LogP contribution is 2.34. The average molecular weight is 472 g/mol. The Hall–Kier alpha value is -3.43. The fourth-order valence-corrected chi connectivity index (χ4v) is 4.21. The van der Waals surface area contributed by atoms with E-state index in [-0.39, 0.29) is 18.3 Å². The summed E-state index contributed by atoms with van der Waals surface area (Å²) in [4.78, 5) is 19.7. The fourth-order valence-electron chi connectivity index (χ4n) is 3.24. The second-order valence-electron chi connectivity index (χ2n) is 6.74. The van der Waals surface area contributed by atoms with Crippen LogP contribution in [0.15, 0.2) is 48.0 Å². The van der Waals surface area contributed by atoms with Gasteiger partial charge < -0.3 is 24.9 Å². The molecule has 0 fully saturated rings. The molecule has 2 heterocycles. The van der Waals surface area contributed by atoms with E-state index in [9.17, 15) is 14.3 Å². The van der Waals surface area contributed by atoms with Crippen LogP contribution in [0.4, 0.5) is 4.39 Å². The van der Waals surface area contributed by atoms with Gasteiger partial charge in [-0.05, 0) is 24.3 Å². The molecule has 174 valence electrons. The number of amides is 1. The van der Waals surface area contributed by atoms with E-state index in [0.717, 1.165) is 10.9 Å². The number of aromatic amines is 1. The van der Waals surface area contributed by atoms with Gasteiger partial charge in [-0.1, -0.05) is 26.0 Å². The maximum atomic E-state index is 13.9. The van der Waals surface area contributed by atoms with E-state index in [0.29, 0.717) is 33.3 Å². The van der Waals surface area contributed by atoms with Crippen molar-refractivity contribution >= 4 is 27.3 Å². The standard InChI is InChI=1S/C22H20FN3O4S.C2H6/c1-29-18-7-6-12(8-19(18)30-2)22(28)25-10-17(27)21-24-9-16(26-21)14-11-31-20-13(14)4-3-5-15(20)23;1-2/h3-9,11,17,27H,10H2,1-2H3,(H,24,26)(H,25,28);1-2H3. The number of aromatic nitrogens is 2. The van der Waals surface area contributed by atoms with Gasteiger partial charge in [0.2, 0.25) is 0 Å². The summed E-state index contributed by atoms with van der Waals surface area (Å²) in [6.45, 7) is 3.96. The van der Waals surface area contributed by atoms with Crippen LogP contribution in [0.3, 0.4) is 0 Å². The van der Waals surface area contributed by atoms with E-state index in [1.165, 1.54) is 31.6 Å². The number of halogens is 1. The molecule has 0 saturated heterocycles. The number of imidazole rings is 1. The van der Waals surface area contributed by atoms with Crippen molar-refractivity contribution in [3.8, 4) is 22.8 Å². The van der Waals surface area contributed by atoms with E-state index in [2.05, 4.69) is 15.3 Å². The highest BCUT2D eigenvalue weighted by atomic mass is 32.1. The Morgan fingerprint density at radius 3 is 2.70 bits per heavy atom. The number of thiophene rings is 1. The van der Waals surface area contributed by atoms with Crippen molar-refractivity contribution in [1.29, 1.82) is 0 Å². The minimum atomic E-state index is -1.04. The van der Waals surface area contributed by atoms with Gasteiger partial charge in [-0.3, -0.25) is 4.79 Å². The number of fused-ring (bicyclic) bond motifs is 1. The Morgan fingerprint density at radius 1 is 1.21 bits per heavy atom. The first-order chi connectivity index (χ1) is 16.0. The van der Waals surface area contributed by atoms with Gasteiger partial charge in [0.05, 0.1) is 37.4 Å². The van der Waals surface area contributed by atoms with Crippen molar-refractivity contribution in [3.63, 3.8) is 0 Å². The second kappa shape index (κ2) is 10.9. The zero-order valence-corrected chi connectivity index (χ0v) is 19.6. The molecule has 1 unspecified atom stereocenters. The number of nitrogens with one attached hydrogen (secondary N) is 2. The number of ether oxygens (including phenoxy) is 2. The van der Waals surface area contributed by atoms with Crippen molar-refractivity contribution in [3.05, 3.63) is 65.2 Å². The Kier molecular flexibility index (Phi) is 8.02. The molecule has 4 aromatic rings. The van der Waals surface area contributed by atoms with Crippen LogP contribution in [0, 0.1) is 5.82 Å². The zero-order chi connectivity index (χ0) is 24.0. The average Bonchev–Trinajstić information content (AvgIpc) is 3.51. The number of rotatable bonds is 7. The van der Waals surface area contributed by atoms with Crippen LogP contribution in [-0.2, 0) is 0 Å². The second-order valence-corrected chi connectivity index (χ2v) is 7.62. The van der Waals surface area contributed by atoms with Crippen LogP contribution in [0.25, 0.3) is 21.3 Å². The van der Waals surface area contributed by atoms with Crippen LogP contribution in [0.5, 0.6) is 11.5 Å². The Morgan fingerprint density at radius 2 is 1.97 bits per heavy atom. The maximum absolute atomic E-state index is 13.9. The molecule has 0 saturated carbocycles. The topological polar surface area (TPSA) is 96.5 Å². The molecule has 0 aliphatic heterocycles. The van der Waals surface area contributed by atoms with Gasteiger partial charge in [-0.25, -0.2) is 9.37 Å². The molecule has 1 atom stereocenters. The lowest BCUT2D eigenvalue weighted by molar-refractivity contribution is 0.0911. The van der Waals surface area contributed by atoms with Crippen LogP contribution in [0.1, 0.15) is 36.1 Å². The molecule has 0 spiro atoms. The minimum absolute atomic E-state index is 0.0425. The number of aliphatic hydroxyl groups is 1. The van der Waals surface area contributed by atoms with Crippen LogP contribution >= 0.6 is 11.3 Å². The van der Waals surface area contributed by atoms with Gasteiger partial charge in [-0.15, -0.1) is 11.3 Å². The molecule has 0 bridgehead atoms. The molecule has 7 nitrogen and oxygen atoms in total. The molecule has 0 radical (unpaired) electrons. The van der Waals surface area contributed by atoms with Crippen LogP contribution < -0.4 is 14.8 Å². The van der Waals surface area contributed by atoms with Crippen molar-refractivity contribution in [2.45, 2.75) is 20.0 Å². The third-order valence-electron chi connectivity index (χ3n) is 4.85. The van der Waals surface area contributed by atoms with Gasteiger partial charge in [0.15, 0.2) is 11.5 Å². The number of hydrogen-bond acceptors (Lipinski definition) is 6. The van der Waals surface area contributed by atoms with E-state index in [1.807, 2.05) is 25.3 Å². The monoisotopic (exact) mass is 471 g/mol. The highest BCUT2D eigenvalue weighted by molar-refractivity contribution is 7.17. The molecule has 0 aliphatic rings. The molecule has 1 amide bonds. The molecule has 0 aliphatic carbocycles. The number of benzene rings is 2. The summed E-state index contributed by atoms with van der Waals surface area (Å²) in [6, 6.07) is 9.72. The first kappa shape index (κ1) is 24.2. The number of hydrogen-bond donors (Lipinski definition) is 3. The summed E-state index contributed by atoms with van der Waals surface area (Å²) in [7, 11) is 3.00. The molecule has 3 N–H and O–H groups in total. The maximum Gasteiger partial charge on any atom is 0.251 e. The Bertz CT molecular complexity index is 1240. The molecule has 33 heavy (non-hydrogen) atoms. The van der Waals surface area contributed by atoms with Gasteiger partial charge >= 0.3 is 0 Å². The lowest BCUT2D eigenvalue weighted by Gasteiger charge is -2.12. The highest BCUT2D eigenvalue weighted by Gasteiger charge is 2.17. The van der Waals surface area contributed by atoms with Crippen LogP contribution in [0.2, 0.25) is 0 Å². The van der Waals surface area contributed by atoms with Gasteiger partial charge in [0, 0.05) is 21.9 Å². The summed E-state index contributed by atoms with van der Waals surface area (Å²) in [5.41, 5.74) is 1.84. The largest absolute Gasteiger partial charge is 0.493 e. The quantitative estimate of drug-likeness (QED) is 0.355. The lowest BCUT2D eigenvalue weighted by Crippen LogP contribution is -2.28. The SMILES string of the molecule is CC.COc1ccc(C(=O)NCC(O)c2ncc(-c3csc4c(F)cccc34)[nH]2)cc1OC. The summed E-state index contributed by atoms with van der Waals surface area (Å²) in [6.07, 6.45) is 0.542. The van der Waals surface area contributed by atoms with Crippen molar-refractivity contribution in [1.82, 2.24) is 15.3 Å². The zero-order valence-electron chi connectivity index (χ0n) is 18.8. The molecule has 2 aromatic heterocycles. The number of nitrogens with zero attached hydrogens (tertiary/aromatic N) is 1. The Labute approximate surface area is 195 Å². The predicted octanol–water partition coefficient (Wildman–Crippen LogP) is 4.94. The number of H-pyrrole nitrogens is 1. The van der Waals surface area contributed by atoms with E-state index in [4.69, 9.17) is 9.47 Å². The van der Waals surface area contributed by atoms with E-state index < -0.39 is 6.10 Å². The van der Waals surface area contributed by atoms with Gasteiger partial charge in [-0.2, -0.15) is 0 Å². The predicted molar refractivity (Wildman–Crippen MR) is 128 cm³/mol. The summed E-state index contributed by atoms with van der Waals surface area (Å²) >= 11 is 1.31. The van der Waals surface area contributed by atoms with Crippen molar-refractivity contribution in [2.75, 3.05) is 20.8 Å². The third kappa shape index (κ3) is 5.15. The first-order valence-electron chi connectivity index (χ1n) is 10.4. The number of methoxy groups -OCH3 is 2. The van der Waals surface area contributed by atoms with Crippen molar-refractivity contribution in [2.24, 2.45) is 0 Å². The first-order valence-corrected chi connectivity index (χ1v) is 11.3. The molecule has 4 rings (SSSR count). The Balaban J connectivity index is 0.00000149. The number of aliphatic hydroxyl groups excluding tert-OH is 1. The summed E-state index contributed by atoms with van der Waals surface area (Å²) < 4.78 is 24.9. The molecule has 9 heteroatoms. The lowest BCUT2D eigenvalue weighted by atomic mass is 10.1. The molecular weight excluding hydrogens is 445 g/mol.